The van der Waals surface area contributed by atoms with Gasteiger partial charge in [0.15, 0.2) is 5.69 Å². The number of para-hydroxylation sites is 3. The lowest BCUT2D eigenvalue weighted by atomic mass is 9.91. The monoisotopic (exact) mass is 635 g/mol. The first-order valence-electron chi connectivity index (χ1n) is 16.3. The Labute approximate surface area is 288 Å². The summed E-state index contributed by atoms with van der Waals surface area (Å²) in [6.45, 7) is 7.60. The molecule has 5 nitrogen and oxygen atoms in total. The molecule has 0 aliphatic carbocycles. The van der Waals surface area contributed by atoms with Gasteiger partial charge in [-0.05, 0) is 60.2 Å². The number of nitriles is 2. The van der Waals surface area contributed by atoms with Gasteiger partial charge in [-0.1, -0.05) is 97.1 Å². The molecule has 9 rings (SSSR count). The van der Waals surface area contributed by atoms with Crippen LogP contribution in [0.25, 0.3) is 82.1 Å². The van der Waals surface area contributed by atoms with E-state index in [1.54, 1.807) is 0 Å². The number of hydrogen-bond acceptors (Lipinski definition) is 2. The molecule has 2 aromatic heterocycles. The Kier molecular flexibility index (Phi) is 6.56. The van der Waals surface area contributed by atoms with E-state index in [0.717, 1.165) is 66.5 Å². The zero-order chi connectivity index (χ0) is 33.8. The van der Waals surface area contributed by atoms with E-state index in [2.05, 4.69) is 98.9 Å². The molecular formula is C45H25N5. The van der Waals surface area contributed by atoms with E-state index in [9.17, 15) is 10.5 Å². The quantitative estimate of drug-likeness (QED) is 0.181. The number of fused-ring (bicyclic) bond motifs is 6. The zero-order valence-corrected chi connectivity index (χ0v) is 26.7. The van der Waals surface area contributed by atoms with Crippen molar-refractivity contribution in [1.29, 1.82) is 10.5 Å². The molecule has 0 spiro atoms. The van der Waals surface area contributed by atoms with Gasteiger partial charge in [-0.15, -0.1) is 0 Å². The predicted molar refractivity (Wildman–Crippen MR) is 202 cm³/mol. The highest BCUT2D eigenvalue weighted by Gasteiger charge is 2.19. The zero-order valence-electron chi connectivity index (χ0n) is 26.7. The standard InChI is InChI=1S/C45H25N5/c1-48-31-20-23-38-39-25-29(27-46)17-24-44(39)49(45(38)26-31)32-21-18-30(19-22-32)33-12-8-13-34(40(33)28-47)35-9-2-5-14-41(35)50-42-15-6-3-10-36(42)37-11-4-7-16-43(37)50/h2-26H. The van der Waals surface area contributed by atoms with Crippen LogP contribution in [0.5, 0.6) is 0 Å². The fraction of sp³-hybridized carbons (Fsp3) is 0. The summed E-state index contributed by atoms with van der Waals surface area (Å²) >= 11 is 0. The van der Waals surface area contributed by atoms with E-state index in [1.807, 2.05) is 78.9 Å². The minimum atomic E-state index is 0.551. The summed E-state index contributed by atoms with van der Waals surface area (Å²) in [7, 11) is 0. The summed E-state index contributed by atoms with van der Waals surface area (Å²) in [5.74, 6) is 0. The Balaban J connectivity index is 1.19. The van der Waals surface area contributed by atoms with Crippen molar-refractivity contribution in [3.8, 4) is 45.8 Å². The number of rotatable bonds is 4. The number of aromatic nitrogens is 2. The fourth-order valence-electron chi connectivity index (χ4n) is 7.43. The minimum absolute atomic E-state index is 0.551. The molecule has 7 aromatic carbocycles. The van der Waals surface area contributed by atoms with Gasteiger partial charge in [-0.2, -0.15) is 10.5 Å². The summed E-state index contributed by atoms with van der Waals surface area (Å²) in [4.78, 5) is 3.67. The van der Waals surface area contributed by atoms with Crippen LogP contribution in [0, 0.1) is 29.2 Å². The average molecular weight is 636 g/mol. The highest BCUT2D eigenvalue weighted by molar-refractivity contribution is 6.11. The Hall–Kier alpha value is -7.39. The lowest BCUT2D eigenvalue weighted by Crippen LogP contribution is -1.99. The van der Waals surface area contributed by atoms with Crippen LogP contribution >= 0.6 is 0 Å². The molecule has 0 aliphatic heterocycles. The first-order chi connectivity index (χ1) is 24.7. The Morgan fingerprint density at radius 2 is 1.12 bits per heavy atom. The third-order valence-corrected chi connectivity index (χ3v) is 9.64. The van der Waals surface area contributed by atoms with Crippen molar-refractivity contribution in [2.75, 3.05) is 0 Å². The summed E-state index contributed by atoms with van der Waals surface area (Å²) in [5, 5.41) is 24.6. The topological polar surface area (TPSA) is 61.8 Å². The number of benzene rings is 7. The molecule has 0 N–H and O–H groups in total. The number of hydrogen-bond donors (Lipinski definition) is 0. The minimum Gasteiger partial charge on any atom is -0.311 e. The van der Waals surface area contributed by atoms with E-state index in [0.29, 0.717) is 16.8 Å². The molecule has 0 saturated carbocycles. The van der Waals surface area contributed by atoms with Gasteiger partial charge in [0.2, 0.25) is 0 Å². The fourth-order valence-corrected chi connectivity index (χ4v) is 7.43. The van der Waals surface area contributed by atoms with Gasteiger partial charge in [-0.3, -0.25) is 0 Å². The average Bonchev–Trinajstić information content (AvgIpc) is 3.69. The van der Waals surface area contributed by atoms with Crippen LogP contribution in [-0.4, -0.2) is 9.13 Å². The summed E-state index contributed by atoms with van der Waals surface area (Å²) in [6, 6.07) is 55.6. The molecule has 0 bridgehead atoms. The molecule has 0 radical (unpaired) electrons. The van der Waals surface area contributed by atoms with Crippen LogP contribution < -0.4 is 0 Å². The van der Waals surface area contributed by atoms with Crippen molar-refractivity contribution in [2.24, 2.45) is 0 Å². The van der Waals surface area contributed by atoms with Gasteiger partial charge < -0.3 is 9.13 Å². The van der Waals surface area contributed by atoms with Crippen molar-refractivity contribution in [3.63, 3.8) is 0 Å². The molecule has 50 heavy (non-hydrogen) atoms. The van der Waals surface area contributed by atoms with Gasteiger partial charge in [0.1, 0.15) is 6.07 Å². The first-order valence-corrected chi connectivity index (χ1v) is 16.3. The van der Waals surface area contributed by atoms with Crippen molar-refractivity contribution in [1.82, 2.24) is 9.13 Å². The largest absolute Gasteiger partial charge is 0.311 e. The lowest BCUT2D eigenvalue weighted by Gasteiger charge is -2.16. The van der Waals surface area contributed by atoms with E-state index in [-0.39, 0.29) is 0 Å². The summed E-state index contributed by atoms with van der Waals surface area (Å²) < 4.78 is 4.43. The van der Waals surface area contributed by atoms with Crippen LogP contribution in [0.1, 0.15) is 11.1 Å². The highest BCUT2D eigenvalue weighted by Crippen LogP contribution is 2.40. The van der Waals surface area contributed by atoms with E-state index >= 15 is 0 Å². The Morgan fingerprint density at radius 1 is 0.480 bits per heavy atom. The summed E-state index contributed by atoms with van der Waals surface area (Å²) in [6.07, 6.45) is 0. The molecule has 0 aliphatic rings. The van der Waals surface area contributed by atoms with Crippen LogP contribution in [0.3, 0.4) is 0 Å². The molecule has 0 unspecified atom stereocenters. The van der Waals surface area contributed by atoms with Crippen LogP contribution in [-0.2, 0) is 0 Å². The lowest BCUT2D eigenvalue weighted by molar-refractivity contribution is 1.18. The molecule has 0 amide bonds. The highest BCUT2D eigenvalue weighted by atomic mass is 15.0. The predicted octanol–water partition coefficient (Wildman–Crippen LogP) is 11.5. The van der Waals surface area contributed by atoms with Crippen molar-refractivity contribution in [2.45, 2.75) is 0 Å². The van der Waals surface area contributed by atoms with Crippen molar-refractivity contribution in [3.05, 3.63) is 174 Å². The maximum Gasteiger partial charge on any atom is 0.189 e. The molecule has 9 aromatic rings. The Bertz CT molecular complexity index is 2900. The molecule has 0 atom stereocenters. The maximum atomic E-state index is 10.7. The molecule has 230 valence electrons. The van der Waals surface area contributed by atoms with Gasteiger partial charge in [-0.25, -0.2) is 4.85 Å². The van der Waals surface area contributed by atoms with Crippen molar-refractivity contribution >= 4 is 49.3 Å². The van der Waals surface area contributed by atoms with Gasteiger partial charge in [0, 0.05) is 49.4 Å². The van der Waals surface area contributed by atoms with E-state index in [1.165, 1.54) is 10.8 Å². The smallest absolute Gasteiger partial charge is 0.189 e. The second kappa shape index (κ2) is 11.4. The second-order valence-electron chi connectivity index (χ2n) is 12.3. The SMILES string of the molecule is [C-]#[N+]c1ccc2c3cc(C#N)ccc3n(-c3ccc(-c4cccc(-c5ccccc5-n5c6ccccc6c6ccccc65)c4C#N)cc3)c2c1. The molecule has 0 saturated heterocycles. The van der Waals surface area contributed by atoms with Crippen LogP contribution in [0.15, 0.2) is 152 Å². The molecule has 0 fully saturated rings. The molecular weight excluding hydrogens is 611 g/mol. The Morgan fingerprint density at radius 3 is 1.84 bits per heavy atom. The third-order valence-electron chi connectivity index (χ3n) is 9.64. The first kappa shape index (κ1) is 28.8. The van der Waals surface area contributed by atoms with E-state index < -0.39 is 0 Å². The third kappa shape index (κ3) is 4.31. The number of nitrogens with zero attached hydrogens (tertiary/aromatic N) is 5. The normalized spacial score (nSPS) is 11.1. The summed E-state index contributed by atoms with van der Waals surface area (Å²) in [5.41, 5.74) is 11.4. The maximum absolute atomic E-state index is 10.7. The van der Waals surface area contributed by atoms with Crippen LogP contribution in [0.4, 0.5) is 5.69 Å². The molecule has 2 heterocycles. The van der Waals surface area contributed by atoms with Gasteiger partial charge >= 0.3 is 0 Å². The van der Waals surface area contributed by atoms with Crippen molar-refractivity contribution < 1.29 is 0 Å². The van der Waals surface area contributed by atoms with Gasteiger partial charge in [0.05, 0.1) is 46.0 Å². The van der Waals surface area contributed by atoms with Crippen LogP contribution in [0.2, 0.25) is 0 Å². The van der Waals surface area contributed by atoms with E-state index in [4.69, 9.17) is 6.57 Å². The molecule has 5 heteroatoms. The second-order valence-corrected chi connectivity index (χ2v) is 12.3. The van der Waals surface area contributed by atoms with Gasteiger partial charge in [0.25, 0.3) is 0 Å².